The monoisotopic (exact) mass is 414 g/mol. The first-order valence-electron chi connectivity index (χ1n) is 11.9. The summed E-state index contributed by atoms with van der Waals surface area (Å²) in [6, 6.07) is 13.9. The highest BCUT2D eigenvalue weighted by Gasteiger charge is 2.24. The molecule has 4 aromatic rings. The van der Waals surface area contributed by atoms with Crippen LogP contribution < -0.4 is 0 Å². The first-order valence-corrected chi connectivity index (χ1v) is 11.9. The standard InChI is InChI=1S/C14H18N2.C13H16N2/c1-10(2)12-5-6-14-13(7-12)9-16(15-14)8-11-3-4-11;1-9(2)10-3-6-13-11(7-10)8-15(14-13)12-4-5-12/h5-7,9-11H,3-4,8H2,1-2H3;3,6-9,12H,4-5H2,1-2H3. The summed E-state index contributed by atoms with van der Waals surface area (Å²) in [5, 5.41) is 11.8. The fourth-order valence-electron chi connectivity index (χ4n) is 4.06. The molecular weight excluding hydrogens is 380 g/mol. The van der Waals surface area contributed by atoms with Crippen molar-refractivity contribution in [2.24, 2.45) is 5.92 Å². The zero-order chi connectivity index (χ0) is 21.5. The van der Waals surface area contributed by atoms with E-state index in [4.69, 9.17) is 0 Å². The van der Waals surface area contributed by atoms with E-state index >= 15 is 0 Å². The van der Waals surface area contributed by atoms with Gasteiger partial charge in [0.15, 0.2) is 0 Å². The maximum atomic E-state index is 4.61. The van der Waals surface area contributed by atoms with E-state index in [-0.39, 0.29) is 0 Å². The molecule has 4 nitrogen and oxygen atoms in total. The summed E-state index contributed by atoms with van der Waals surface area (Å²) in [4.78, 5) is 0. The van der Waals surface area contributed by atoms with Gasteiger partial charge >= 0.3 is 0 Å². The van der Waals surface area contributed by atoms with Crippen molar-refractivity contribution in [2.45, 2.75) is 77.8 Å². The zero-order valence-electron chi connectivity index (χ0n) is 19.3. The Bertz CT molecular complexity index is 1190. The number of fused-ring (bicyclic) bond motifs is 2. The Morgan fingerprint density at radius 3 is 1.90 bits per heavy atom. The summed E-state index contributed by atoms with van der Waals surface area (Å²) in [6.45, 7) is 10.0. The Labute approximate surface area is 185 Å². The summed E-state index contributed by atoms with van der Waals surface area (Å²) in [7, 11) is 0. The van der Waals surface area contributed by atoms with Crippen LogP contribution >= 0.6 is 0 Å². The minimum absolute atomic E-state index is 0.594. The van der Waals surface area contributed by atoms with Crippen molar-refractivity contribution >= 4 is 21.8 Å². The molecule has 31 heavy (non-hydrogen) atoms. The minimum atomic E-state index is 0.594. The molecule has 0 aliphatic heterocycles. The second-order valence-electron chi connectivity index (χ2n) is 10.1. The normalized spacial score (nSPS) is 16.3. The van der Waals surface area contributed by atoms with E-state index in [2.05, 4.69) is 96.0 Å². The quantitative estimate of drug-likeness (QED) is 0.350. The van der Waals surface area contributed by atoms with Crippen LogP contribution in [0.3, 0.4) is 0 Å². The van der Waals surface area contributed by atoms with Gasteiger partial charge in [0.2, 0.25) is 0 Å². The summed E-state index contributed by atoms with van der Waals surface area (Å²) < 4.78 is 4.25. The van der Waals surface area contributed by atoms with Crippen LogP contribution in [0.15, 0.2) is 48.8 Å². The predicted molar refractivity (Wildman–Crippen MR) is 129 cm³/mol. The third-order valence-corrected chi connectivity index (χ3v) is 6.52. The Kier molecular flexibility index (Phi) is 5.33. The predicted octanol–water partition coefficient (Wildman–Crippen LogP) is 7.06. The number of rotatable bonds is 5. The maximum Gasteiger partial charge on any atom is 0.0923 e. The lowest BCUT2D eigenvalue weighted by molar-refractivity contribution is 0.568. The van der Waals surface area contributed by atoms with Crippen LogP contribution in [0.5, 0.6) is 0 Å². The van der Waals surface area contributed by atoms with Crippen LogP contribution in [0.25, 0.3) is 21.8 Å². The van der Waals surface area contributed by atoms with Crippen LogP contribution in [-0.2, 0) is 6.54 Å². The molecule has 0 unspecified atom stereocenters. The molecule has 0 amide bonds. The molecule has 0 saturated heterocycles. The highest BCUT2D eigenvalue weighted by molar-refractivity contribution is 5.79. The van der Waals surface area contributed by atoms with Crippen molar-refractivity contribution in [2.75, 3.05) is 0 Å². The zero-order valence-corrected chi connectivity index (χ0v) is 19.3. The molecule has 0 radical (unpaired) electrons. The average Bonchev–Trinajstić information content (AvgIpc) is 3.66. The Hall–Kier alpha value is -2.62. The SMILES string of the molecule is CC(C)c1ccc2nn(C3CC3)cc2c1.CC(C)c1ccc2nn(CC3CC3)cc2c1. The second-order valence-corrected chi connectivity index (χ2v) is 10.1. The molecule has 0 N–H and O–H groups in total. The molecule has 0 bridgehead atoms. The van der Waals surface area contributed by atoms with Gasteiger partial charge < -0.3 is 0 Å². The molecule has 2 aromatic carbocycles. The van der Waals surface area contributed by atoms with E-state index in [0.29, 0.717) is 17.9 Å². The van der Waals surface area contributed by atoms with Crippen LogP contribution in [0.4, 0.5) is 0 Å². The smallest absolute Gasteiger partial charge is 0.0923 e. The summed E-state index contributed by atoms with van der Waals surface area (Å²) in [6.07, 6.45) is 9.75. The Balaban J connectivity index is 0.000000132. The van der Waals surface area contributed by atoms with Crippen molar-refractivity contribution < 1.29 is 0 Å². The lowest BCUT2D eigenvalue weighted by Gasteiger charge is -2.03. The van der Waals surface area contributed by atoms with Gasteiger partial charge in [-0.05, 0) is 78.8 Å². The van der Waals surface area contributed by atoms with Gasteiger partial charge in [0.25, 0.3) is 0 Å². The molecule has 2 heterocycles. The molecule has 2 fully saturated rings. The first kappa shape index (κ1) is 20.3. The van der Waals surface area contributed by atoms with Crippen molar-refractivity contribution in [3.63, 3.8) is 0 Å². The van der Waals surface area contributed by atoms with E-state index in [0.717, 1.165) is 23.5 Å². The third kappa shape index (κ3) is 4.68. The van der Waals surface area contributed by atoms with E-state index in [1.807, 2.05) is 0 Å². The number of nitrogens with zero attached hydrogens (tertiary/aromatic N) is 4. The molecule has 0 spiro atoms. The van der Waals surface area contributed by atoms with Gasteiger partial charge in [0.1, 0.15) is 0 Å². The molecule has 162 valence electrons. The average molecular weight is 415 g/mol. The van der Waals surface area contributed by atoms with Gasteiger partial charge in [-0.3, -0.25) is 9.36 Å². The van der Waals surface area contributed by atoms with E-state index in [1.54, 1.807) is 0 Å². The molecule has 4 heteroatoms. The largest absolute Gasteiger partial charge is 0.271 e. The Morgan fingerprint density at radius 1 is 0.774 bits per heavy atom. The highest BCUT2D eigenvalue weighted by Crippen LogP contribution is 2.35. The van der Waals surface area contributed by atoms with Gasteiger partial charge in [0, 0.05) is 29.7 Å². The van der Waals surface area contributed by atoms with Crippen LogP contribution in [0.1, 0.15) is 82.4 Å². The van der Waals surface area contributed by atoms with Gasteiger partial charge in [-0.15, -0.1) is 0 Å². The van der Waals surface area contributed by atoms with Crippen molar-refractivity contribution in [1.82, 2.24) is 19.6 Å². The molecule has 2 aliphatic carbocycles. The van der Waals surface area contributed by atoms with Crippen LogP contribution in [0.2, 0.25) is 0 Å². The van der Waals surface area contributed by atoms with Gasteiger partial charge in [-0.25, -0.2) is 0 Å². The molecule has 2 aliphatic rings. The number of benzene rings is 2. The summed E-state index contributed by atoms with van der Waals surface area (Å²) >= 11 is 0. The fourth-order valence-corrected chi connectivity index (χ4v) is 4.06. The summed E-state index contributed by atoms with van der Waals surface area (Å²) in [5.41, 5.74) is 5.06. The highest BCUT2D eigenvalue weighted by atomic mass is 15.3. The topological polar surface area (TPSA) is 35.6 Å². The number of aromatic nitrogens is 4. The molecule has 2 aromatic heterocycles. The lowest BCUT2D eigenvalue weighted by atomic mass is 10.0. The van der Waals surface area contributed by atoms with Crippen molar-refractivity contribution in [1.29, 1.82) is 0 Å². The van der Waals surface area contributed by atoms with E-state index in [9.17, 15) is 0 Å². The number of hydrogen-bond acceptors (Lipinski definition) is 2. The van der Waals surface area contributed by atoms with Gasteiger partial charge in [0.05, 0.1) is 17.1 Å². The molecule has 2 saturated carbocycles. The second kappa shape index (κ2) is 8.14. The molecule has 0 atom stereocenters. The fraction of sp³-hybridized carbons (Fsp3) is 0.481. The van der Waals surface area contributed by atoms with E-state index in [1.165, 1.54) is 47.6 Å². The van der Waals surface area contributed by atoms with Crippen molar-refractivity contribution in [3.05, 3.63) is 59.9 Å². The maximum absolute atomic E-state index is 4.61. The van der Waals surface area contributed by atoms with Crippen LogP contribution in [-0.4, -0.2) is 19.6 Å². The Morgan fingerprint density at radius 2 is 1.35 bits per heavy atom. The van der Waals surface area contributed by atoms with Crippen molar-refractivity contribution in [3.8, 4) is 0 Å². The third-order valence-electron chi connectivity index (χ3n) is 6.52. The first-order chi connectivity index (χ1) is 15.0. The molecular formula is C27H34N4. The van der Waals surface area contributed by atoms with E-state index < -0.39 is 0 Å². The minimum Gasteiger partial charge on any atom is -0.271 e. The molecule has 6 rings (SSSR count). The van der Waals surface area contributed by atoms with Gasteiger partial charge in [-0.2, -0.15) is 10.2 Å². The van der Waals surface area contributed by atoms with Gasteiger partial charge in [-0.1, -0.05) is 39.8 Å². The summed E-state index contributed by atoms with van der Waals surface area (Å²) in [5.74, 6) is 2.08. The lowest BCUT2D eigenvalue weighted by Crippen LogP contribution is -1.99. The number of hydrogen-bond donors (Lipinski definition) is 0. The van der Waals surface area contributed by atoms with Crippen LogP contribution in [0, 0.1) is 5.92 Å².